The number of benzene rings is 1. The van der Waals surface area contributed by atoms with Crippen molar-refractivity contribution in [1.82, 2.24) is 4.90 Å². The van der Waals surface area contributed by atoms with E-state index in [9.17, 15) is 9.90 Å². The van der Waals surface area contributed by atoms with Crippen LogP contribution in [0.2, 0.25) is 5.02 Å². The summed E-state index contributed by atoms with van der Waals surface area (Å²) in [5.74, 6) is 0.308. The maximum atomic E-state index is 12.4. The summed E-state index contributed by atoms with van der Waals surface area (Å²) < 4.78 is 5.57. The van der Waals surface area contributed by atoms with Crippen LogP contribution in [0, 0.1) is 5.92 Å². The molecular weight excluding hydrogens is 278 g/mol. The highest BCUT2D eigenvalue weighted by Crippen LogP contribution is 2.28. The summed E-state index contributed by atoms with van der Waals surface area (Å²) in [5, 5.41) is 11.2. The minimum Gasteiger partial charge on any atom is -0.449 e. The Morgan fingerprint density at radius 3 is 3.00 bits per heavy atom. The molecule has 3 rings (SSSR count). The van der Waals surface area contributed by atoms with E-state index in [1.807, 2.05) is 19.1 Å². The van der Waals surface area contributed by atoms with Gasteiger partial charge in [0.05, 0.1) is 11.1 Å². The number of para-hydroxylation sites is 1. The molecule has 1 aliphatic heterocycles. The largest absolute Gasteiger partial charge is 0.449 e. The zero-order valence-electron chi connectivity index (χ0n) is 11.2. The van der Waals surface area contributed by atoms with E-state index in [0.29, 0.717) is 23.7 Å². The van der Waals surface area contributed by atoms with Gasteiger partial charge in [-0.3, -0.25) is 4.79 Å². The monoisotopic (exact) mass is 293 g/mol. The molecule has 2 atom stereocenters. The maximum Gasteiger partial charge on any atom is 0.289 e. The minimum atomic E-state index is -0.472. The summed E-state index contributed by atoms with van der Waals surface area (Å²) in [7, 11) is 0. The van der Waals surface area contributed by atoms with Gasteiger partial charge in [0, 0.05) is 18.5 Å². The first-order chi connectivity index (χ1) is 9.56. The Labute approximate surface area is 121 Å². The van der Waals surface area contributed by atoms with Crippen molar-refractivity contribution < 1.29 is 14.3 Å². The molecule has 1 saturated heterocycles. The molecule has 1 aromatic carbocycles. The van der Waals surface area contributed by atoms with Crippen molar-refractivity contribution in [1.29, 1.82) is 0 Å². The molecule has 0 radical (unpaired) electrons. The Bertz CT molecular complexity index is 652. The van der Waals surface area contributed by atoms with Crippen molar-refractivity contribution >= 4 is 28.5 Å². The quantitative estimate of drug-likeness (QED) is 0.879. The number of aliphatic hydroxyl groups is 1. The Morgan fingerprint density at radius 1 is 1.50 bits per heavy atom. The van der Waals surface area contributed by atoms with Crippen molar-refractivity contribution in [2.45, 2.75) is 19.4 Å². The molecule has 1 amide bonds. The van der Waals surface area contributed by atoms with E-state index in [-0.39, 0.29) is 17.6 Å². The van der Waals surface area contributed by atoms with E-state index >= 15 is 0 Å². The molecule has 1 N–H and O–H groups in total. The molecule has 0 saturated carbocycles. The van der Waals surface area contributed by atoms with E-state index in [0.717, 1.165) is 11.8 Å². The number of halogens is 1. The summed E-state index contributed by atoms with van der Waals surface area (Å²) >= 11 is 6.04. The standard InChI is InChI=1S/C15H16ClNO3/c1-9-5-6-17(8-12(9)18)15(19)13-7-10-3-2-4-11(16)14(10)20-13/h2-4,7,9,12,18H,5-6,8H2,1H3. The normalized spacial score (nSPS) is 23.2. The average molecular weight is 294 g/mol. The lowest BCUT2D eigenvalue weighted by atomic mass is 9.96. The van der Waals surface area contributed by atoms with Crippen LogP contribution in [0.3, 0.4) is 0 Å². The van der Waals surface area contributed by atoms with Gasteiger partial charge in [0.1, 0.15) is 0 Å². The molecule has 106 valence electrons. The van der Waals surface area contributed by atoms with Gasteiger partial charge in [0.2, 0.25) is 0 Å². The summed E-state index contributed by atoms with van der Waals surface area (Å²) in [5.41, 5.74) is 0.531. The number of hydrogen-bond donors (Lipinski definition) is 1. The fourth-order valence-electron chi connectivity index (χ4n) is 2.52. The van der Waals surface area contributed by atoms with E-state index < -0.39 is 6.10 Å². The fourth-order valence-corrected chi connectivity index (χ4v) is 2.74. The average Bonchev–Trinajstić information content (AvgIpc) is 2.86. The third-order valence-electron chi connectivity index (χ3n) is 3.91. The van der Waals surface area contributed by atoms with Crippen molar-refractivity contribution in [2.75, 3.05) is 13.1 Å². The molecule has 2 heterocycles. The number of carbonyl (C=O) groups excluding carboxylic acids is 1. The first-order valence-corrected chi connectivity index (χ1v) is 7.09. The van der Waals surface area contributed by atoms with E-state index in [1.165, 1.54) is 0 Å². The van der Waals surface area contributed by atoms with E-state index in [4.69, 9.17) is 16.0 Å². The fraction of sp³-hybridized carbons (Fsp3) is 0.400. The second kappa shape index (κ2) is 5.11. The Kier molecular flexibility index (Phi) is 3.44. The van der Waals surface area contributed by atoms with Crippen LogP contribution in [0.5, 0.6) is 0 Å². The molecule has 5 heteroatoms. The van der Waals surface area contributed by atoms with Crippen molar-refractivity contribution in [3.8, 4) is 0 Å². The smallest absolute Gasteiger partial charge is 0.289 e. The van der Waals surface area contributed by atoms with Crippen molar-refractivity contribution in [3.63, 3.8) is 0 Å². The van der Waals surface area contributed by atoms with Gasteiger partial charge in [-0.25, -0.2) is 0 Å². The Morgan fingerprint density at radius 2 is 2.30 bits per heavy atom. The number of fused-ring (bicyclic) bond motifs is 1. The summed E-state index contributed by atoms with van der Waals surface area (Å²) in [6.07, 6.45) is 0.328. The number of aliphatic hydroxyl groups excluding tert-OH is 1. The molecule has 2 aromatic rings. The zero-order chi connectivity index (χ0) is 14.3. The number of carbonyl (C=O) groups is 1. The van der Waals surface area contributed by atoms with Gasteiger partial charge in [-0.2, -0.15) is 0 Å². The van der Waals surface area contributed by atoms with Crippen LogP contribution in [0.4, 0.5) is 0 Å². The Balaban J connectivity index is 1.87. The molecule has 1 aromatic heterocycles. The van der Waals surface area contributed by atoms with Crippen LogP contribution in [-0.4, -0.2) is 35.1 Å². The third-order valence-corrected chi connectivity index (χ3v) is 4.21. The lowest BCUT2D eigenvalue weighted by molar-refractivity contribution is 0.0232. The summed E-state index contributed by atoms with van der Waals surface area (Å²) in [6.45, 7) is 2.99. The van der Waals surface area contributed by atoms with Gasteiger partial charge < -0.3 is 14.4 Å². The molecule has 1 aliphatic rings. The second-order valence-electron chi connectivity index (χ2n) is 5.35. The molecule has 0 aliphatic carbocycles. The SMILES string of the molecule is CC1CCN(C(=O)c2cc3cccc(Cl)c3o2)CC1O. The molecule has 4 nitrogen and oxygen atoms in total. The minimum absolute atomic E-state index is 0.191. The van der Waals surface area contributed by atoms with Gasteiger partial charge >= 0.3 is 0 Å². The first kappa shape index (κ1) is 13.5. The zero-order valence-corrected chi connectivity index (χ0v) is 11.9. The predicted octanol–water partition coefficient (Wildman–Crippen LogP) is 2.93. The molecule has 20 heavy (non-hydrogen) atoms. The lowest BCUT2D eigenvalue weighted by Gasteiger charge is -2.33. The van der Waals surface area contributed by atoms with Gasteiger partial charge in [-0.1, -0.05) is 30.7 Å². The third kappa shape index (κ3) is 2.30. The Hall–Kier alpha value is -1.52. The van der Waals surface area contributed by atoms with Crippen LogP contribution >= 0.6 is 11.6 Å². The molecular formula is C15H16ClNO3. The van der Waals surface area contributed by atoms with Crippen LogP contribution in [0.25, 0.3) is 11.0 Å². The van der Waals surface area contributed by atoms with Gasteiger partial charge in [0.15, 0.2) is 11.3 Å². The molecule has 0 bridgehead atoms. The predicted molar refractivity (Wildman–Crippen MR) is 76.9 cm³/mol. The number of hydrogen-bond acceptors (Lipinski definition) is 3. The maximum absolute atomic E-state index is 12.4. The van der Waals surface area contributed by atoms with Crippen molar-refractivity contribution in [3.05, 3.63) is 35.0 Å². The number of β-amino-alcohol motifs (C(OH)–C–C–N with tert-alkyl or cyclic N) is 1. The highest BCUT2D eigenvalue weighted by atomic mass is 35.5. The number of likely N-dealkylation sites (tertiary alicyclic amines) is 1. The molecule has 1 fully saturated rings. The second-order valence-corrected chi connectivity index (χ2v) is 5.76. The highest BCUT2D eigenvalue weighted by Gasteiger charge is 2.29. The summed E-state index contributed by atoms with van der Waals surface area (Å²) in [4.78, 5) is 14.0. The number of rotatable bonds is 1. The first-order valence-electron chi connectivity index (χ1n) is 6.71. The van der Waals surface area contributed by atoms with Crippen LogP contribution < -0.4 is 0 Å². The highest BCUT2D eigenvalue weighted by molar-refractivity contribution is 6.34. The molecule has 0 spiro atoms. The van der Waals surface area contributed by atoms with Gasteiger partial charge in [0.25, 0.3) is 5.91 Å². The van der Waals surface area contributed by atoms with Crippen molar-refractivity contribution in [2.24, 2.45) is 5.92 Å². The van der Waals surface area contributed by atoms with E-state index in [2.05, 4.69) is 0 Å². The van der Waals surface area contributed by atoms with Crippen LogP contribution in [0.15, 0.2) is 28.7 Å². The number of piperidine rings is 1. The number of nitrogens with zero attached hydrogens (tertiary/aromatic N) is 1. The molecule has 2 unspecified atom stereocenters. The van der Waals surface area contributed by atoms with Crippen LogP contribution in [0.1, 0.15) is 23.9 Å². The topological polar surface area (TPSA) is 53.7 Å². The lowest BCUT2D eigenvalue weighted by Crippen LogP contribution is -2.45. The van der Waals surface area contributed by atoms with Crippen LogP contribution in [-0.2, 0) is 0 Å². The van der Waals surface area contributed by atoms with Gasteiger partial charge in [-0.05, 0) is 24.5 Å². The number of furan rings is 1. The summed E-state index contributed by atoms with van der Waals surface area (Å²) in [6, 6.07) is 7.11. The van der Waals surface area contributed by atoms with E-state index in [1.54, 1.807) is 17.0 Å². The van der Waals surface area contributed by atoms with Gasteiger partial charge in [-0.15, -0.1) is 0 Å². The number of amides is 1.